The van der Waals surface area contributed by atoms with Gasteiger partial charge in [-0.25, -0.2) is 0 Å². The smallest absolute Gasteiger partial charge is 0.0441 e. The summed E-state index contributed by atoms with van der Waals surface area (Å²) in [6.07, 6.45) is 5.76. The standard InChI is InChI=1S/C10H13N/c1-7-3-4-10-9(5-7)6-8(2)11-10/h5H,3-4,6H2,1-2H3. The molecule has 0 aromatic rings. The highest BCUT2D eigenvalue weighted by atomic mass is 14.8. The van der Waals surface area contributed by atoms with Crippen LogP contribution >= 0.6 is 0 Å². The van der Waals surface area contributed by atoms with Gasteiger partial charge in [-0.2, -0.15) is 0 Å². The summed E-state index contributed by atoms with van der Waals surface area (Å²) >= 11 is 0. The van der Waals surface area contributed by atoms with Crippen LogP contribution in [0.15, 0.2) is 27.9 Å². The number of allylic oxidation sites excluding steroid dienone is 4. The molecule has 0 saturated carbocycles. The van der Waals surface area contributed by atoms with Crippen molar-refractivity contribution in [2.75, 3.05) is 0 Å². The van der Waals surface area contributed by atoms with Gasteiger partial charge in [0.05, 0.1) is 0 Å². The molecule has 0 N–H and O–H groups in total. The Labute approximate surface area is 67.5 Å². The lowest BCUT2D eigenvalue weighted by atomic mass is 9.97. The largest absolute Gasteiger partial charge is 0.262 e. The predicted molar refractivity (Wildman–Crippen MR) is 47.7 cm³/mol. The van der Waals surface area contributed by atoms with E-state index in [1.165, 1.54) is 29.0 Å². The summed E-state index contributed by atoms with van der Waals surface area (Å²) in [5.41, 5.74) is 5.59. The van der Waals surface area contributed by atoms with Gasteiger partial charge in [0.1, 0.15) is 0 Å². The van der Waals surface area contributed by atoms with Gasteiger partial charge in [0.15, 0.2) is 0 Å². The first-order valence-electron chi connectivity index (χ1n) is 4.19. The summed E-state index contributed by atoms with van der Waals surface area (Å²) in [5.74, 6) is 0. The van der Waals surface area contributed by atoms with Crippen molar-refractivity contribution < 1.29 is 0 Å². The van der Waals surface area contributed by atoms with Gasteiger partial charge in [0.2, 0.25) is 0 Å². The summed E-state index contributed by atoms with van der Waals surface area (Å²) in [6.45, 7) is 4.32. The Bertz CT molecular complexity index is 279. The van der Waals surface area contributed by atoms with E-state index in [-0.39, 0.29) is 0 Å². The molecule has 2 aliphatic rings. The molecule has 1 aliphatic carbocycles. The molecule has 0 aromatic heterocycles. The fourth-order valence-corrected chi connectivity index (χ4v) is 1.76. The molecule has 58 valence electrons. The van der Waals surface area contributed by atoms with Crippen LogP contribution in [0.2, 0.25) is 0 Å². The molecular weight excluding hydrogens is 134 g/mol. The van der Waals surface area contributed by atoms with E-state index in [9.17, 15) is 0 Å². The van der Waals surface area contributed by atoms with E-state index in [1.54, 1.807) is 0 Å². The van der Waals surface area contributed by atoms with Crippen molar-refractivity contribution in [3.8, 4) is 0 Å². The first-order valence-corrected chi connectivity index (χ1v) is 4.19. The Morgan fingerprint density at radius 1 is 1.27 bits per heavy atom. The van der Waals surface area contributed by atoms with Crippen LogP contribution in [0.4, 0.5) is 0 Å². The summed E-state index contributed by atoms with van der Waals surface area (Å²) in [6, 6.07) is 0. The van der Waals surface area contributed by atoms with Crippen molar-refractivity contribution in [3.05, 3.63) is 22.9 Å². The molecule has 1 heterocycles. The molecule has 1 aliphatic heterocycles. The number of rotatable bonds is 0. The van der Waals surface area contributed by atoms with Gasteiger partial charge in [0.25, 0.3) is 0 Å². The molecule has 0 atom stereocenters. The maximum absolute atomic E-state index is 4.50. The zero-order valence-electron chi connectivity index (χ0n) is 7.15. The van der Waals surface area contributed by atoms with Gasteiger partial charge in [-0.1, -0.05) is 11.6 Å². The van der Waals surface area contributed by atoms with Gasteiger partial charge in [0, 0.05) is 17.8 Å². The topological polar surface area (TPSA) is 12.4 Å². The molecule has 2 rings (SSSR count). The van der Waals surface area contributed by atoms with E-state index in [2.05, 4.69) is 24.9 Å². The summed E-state index contributed by atoms with van der Waals surface area (Å²) < 4.78 is 0. The Morgan fingerprint density at radius 3 is 2.91 bits per heavy atom. The highest BCUT2D eigenvalue weighted by Crippen LogP contribution is 2.31. The molecule has 0 radical (unpaired) electrons. The second kappa shape index (κ2) is 2.33. The van der Waals surface area contributed by atoms with Crippen molar-refractivity contribution in [2.45, 2.75) is 33.1 Å². The highest BCUT2D eigenvalue weighted by Gasteiger charge is 2.16. The van der Waals surface area contributed by atoms with Gasteiger partial charge in [-0.05, 0) is 32.3 Å². The lowest BCUT2D eigenvalue weighted by molar-refractivity contribution is 0.883. The van der Waals surface area contributed by atoms with Crippen molar-refractivity contribution >= 4 is 5.71 Å². The summed E-state index contributed by atoms with van der Waals surface area (Å²) in [5, 5.41) is 0. The van der Waals surface area contributed by atoms with Crippen LogP contribution in [-0.2, 0) is 0 Å². The third-order valence-electron chi connectivity index (χ3n) is 2.32. The summed E-state index contributed by atoms with van der Waals surface area (Å²) in [4.78, 5) is 4.50. The number of hydrogen-bond acceptors (Lipinski definition) is 1. The van der Waals surface area contributed by atoms with Crippen LogP contribution in [0, 0.1) is 0 Å². The van der Waals surface area contributed by atoms with Crippen LogP contribution in [-0.4, -0.2) is 5.71 Å². The number of aliphatic imine (C=N–C) groups is 1. The van der Waals surface area contributed by atoms with Gasteiger partial charge in [-0.15, -0.1) is 0 Å². The van der Waals surface area contributed by atoms with Crippen molar-refractivity contribution in [1.29, 1.82) is 0 Å². The second-order valence-corrected chi connectivity index (χ2v) is 3.49. The lowest BCUT2D eigenvalue weighted by Gasteiger charge is -2.09. The molecule has 0 unspecified atom stereocenters. The molecule has 1 nitrogen and oxygen atoms in total. The van der Waals surface area contributed by atoms with Gasteiger partial charge < -0.3 is 0 Å². The fourth-order valence-electron chi connectivity index (χ4n) is 1.76. The van der Waals surface area contributed by atoms with Gasteiger partial charge >= 0.3 is 0 Å². The van der Waals surface area contributed by atoms with E-state index in [0.717, 1.165) is 12.8 Å². The third kappa shape index (κ3) is 1.15. The molecular formula is C10H13N. The third-order valence-corrected chi connectivity index (χ3v) is 2.32. The molecule has 0 spiro atoms. The lowest BCUT2D eigenvalue weighted by Crippen LogP contribution is -1.92. The second-order valence-electron chi connectivity index (χ2n) is 3.49. The van der Waals surface area contributed by atoms with Crippen LogP contribution < -0.4 is 0 Å². The minimum atomic E-state index is 1.09. The Morgan fingerprint density at radius 2 is 2.09 bits per heavy atom. The predicted octanol–water partition coefficient (Wildman–Crippen LogP) is 2.85. The molecule has 0 fully saturated rings. The highest BCUT2D eigenvalue weighted by molar-refractivity contribution is 5.88. The monoisotopic (exact) mass is 147 g/mol. The first-order chi connectivity index (χ1) is 5.25. The molecule has 0 aromatic carbocycles. The van der Waals surface area contributed by atoms with E-state index in [4.69, 9.17) is 0 Å². The number of hydrogen-bond donors (Lipinski definition) is 0. The van der Waals surface area contributed by atoms with E-state index < -0.39 is 0 Å². The molecule has 1 heteroatoms. The minimum Gasteiger partial charge on any atom is -0.262 e. The Balaban J connectivity index is 2.31. The maximum Gasteiger partial charge on any atom is 0.0441 e. The zero-order chi connectivity index (χ0) is 7.84. The fraction of sp³-hybridized carbons (Fsp3) is 0.500. The first kappa shape index (κ1) is 6.84. The Kier molecular flexibility index (Phi) is 1.45. The van der Waals surface area contributed by atoms with E-state index in [1.807, 2.05) is 0 Å². The van der Waals surface area contributed by atoms with Crippen LogP contribution in [0.5, 0.6) is 0 Å². The van der Waals surface area contributed by atoms with Gasteiger partial charge in [-0.3, -0.25) is 4.99 Å². The maximum atomic E-state index is 4.50. The summed E-state index contributed by atoms with van der Waals surface area (Å²) in [7, 11) is 0. The van der Waals surface area contributed by atoms with Crippen LogP contribution in [0.3, 0.4) is 0 Å². The van der Waals surface area contributed by atoms with Crippen molar-refractivity contribution in [1.82, 2.24) is 0 Å². The number of nitrogens with zero attached hydrogens (tertiary/aromatic N) is 1. The molecule has 11 heavy (non-hydrogen) atoms. The van der Waals surface area contributed by atoms with E-state index in [0.29, 0.717) is 0 Å². The van der Waals surface area contributed by atoms with E-state index >= 15 is 0 Å². The normalized spacial score (nSPS) is 23.1. The van der Waals surface area contributed by atoms with Crippen LogP contribution in [0.25, 0.3) is 0 Å². The minimum absolute atomic E-state index is 1.09. The van der Waals surface area contributed by atoms with Crippen molar-refractivity contribution in [2.24, 2.45) is 4.99 Å². The molecule has 0 saturated heterocycles. The Hall–Kier alpha value is -0.850. The molecule has 0 amide bonds. The average molecular weight is 147 g/mol. The average Bonchev–Trinajstić information content (AvgIpc) is 2.27. The van der Waals surface area contributed by atoms with Crippen molar-refractivity contribution in [3.63, 3.8) is 0 Å². The molecule has 0 bridgehead atoms. The SMILES string of the molecule is CC1=CC2=C(CC1)N=C(C)C2. The quantitative estimate of drug-likeness (QED) is 0.499. The zero-order valence-corrected chi connectivity index (χ0v) is 7.15. The van der Waals surface area contributed by atoms with Crippen LogP contribution in [0.1, 0.15) is 33.1 Å².